The molecule has 98 valence electrons. The Morgan fingerprint density at radius 2 is 1.84 bits per heavy atom. The molecule has 1 heterocycles. The van der Waals surface area contributed by atoms with Crippen molar-refractivity contribution in [2.24, 2.45) is 0 Å². The fourth-order valence-electron chi connectivity index (χ4n) is 2.94. The summed E-state index contributed by atoms with van der Waals surface area (Å²) in [5.41, 5.74) is 3.61. The number of hydrogen-bond acceptors (Lipinski definition) is 3. The van der Waals surface area contributed by atoms with E-state index in [1.807, 2.05) is 24.5 Å². The molecule has 0 saturated heterocycles. The van der Waals surface area contributed by atoms with Gasteiger partial charge >= 0.3 is 0 Å². The lowest BCUT2D eigenvalue weighted by Gasteiger charge is -2.26. The quantitative estimate of drug-likeness (QED) is 0.810. The third-order valence-electron chi connectivity index (χ3n) is 3.91. The second-order valence-corrected chi connectivity index (χ2v) is 5.19. The SMILES string of the molecule is Oc1cc2c(cc1O)C(Cc1ccncc1)CCC2. The second kappa shape index (κ2) is 4.92. The van der Waals surface area contributed by atoms with Gasteiger partial charge in [0.1, 0.15) is 0 Å². The van der Waals surface area contributed by atoms with Gasteiger partial charge in [-0.05, 0) is 72.6 Å². The predicted molar refractivity (Wildman–Crippen MR) is 73.4 cm³/mol. The molecule has 1 aliphatic rings. The predicted octanol–water partition coefficient (Wildman–Crippen LogP) is 3.16. The number of aryl methyl sites for hydroxylation is 1. The van der Waals surface area contributed by atoms with Gasteiger partial charge in [0.15, 0.2) is 11.5 Å². The number of rotatable bonds is 2. The first-order valence-electron chi connectivity index (χ1n) is 6.67. The summed E-state index contributed by atoms with van der Waals surface area (Å²) < 4.78 is 0. The van der Waals surface area contributed by atoms with Crippen LogP contribution in [0.1, 0.15) is 35.4 Å². The first-order valence-corrected chi connectivity index (χ1v) is 6.67. The Kier molecular flexibility index (Phi) is 3.11. The molecule has 1 unspecified atom stereocenters. The van der Waals surface area contributed by atoms with Crippen LogP contribution in [0.5, 0.6) is 11.5 Å². The minimum atomic E-state index is -0.0135. The molecular weight excluding hydrogens is 238 g/mol. The van der Waals surface area contributed by atoms with E-state index in [1.54, 1.807) is 12.1 Å². The van der Waals surface area contributed by atoms with E-state index in [9.17, 15) is 10.2 Å². The standard InChI is InChI=1S/C16H17NO2/c18-15-9-13-3-1-2-12(14(13)10-16(15)19)8-11-4-6-17-7-5-11/h4-7,9-10,12,18-19H,1-3,8H2. The number of nitrogens with zero attached hydrogens (tertiary/aromatic N) is 1. The fraction of sp³-hybridized carbons (Fsp3) is 0.312. The van der Waals surface area contributed by atoms with E-state index in [0.29, 0.717) is 5.92 Å². The lowest BCUT2D eigenvalue weighted by molar-refractivity contribution is 0.400. The summed E-state index contributed by atoms with van der Waals surface area (Å²) >= 11 is 0. The van der Waals surface area contributed by atoms with E-state index in [-0.39, 0.29) is 11.5 Å². The Morgan fingerprint density at radius 3 is 2.63 bits per heavy atom. The van der Waals surface area contributed by atoms with Gasteiger partial charge in [0.2, 0.25) is 0 Å². The summed E-state index contributed by atoms with van der Waals surface area (Å²) in [6, 6.07) is 7.52. The van der Waals surface area contributed by atoms with Crippen LogP contribution in [-0.2, 0) is 12.8 Å². The molecule has 1 aromatic heterocycles. The fourth-order valence-corrected chi connectivity index (χ4v) is 2.94. The topological polar surface area (TPSA) is 53.4 Å². The third kappa shape index (κ3) is 2.41. The molecule has 19 heavy (non-hydrogen) atoms. The number of aromatic nitrogens is 1. The van der Waals surface area contributed by atoms with Gasteiger partial charge in [-0.15, -0.1) is 0 Å². The van der Waals surface area contributed by atoms with Crippen LogP contribution in [0.15, 0.2) is 36.7 Å². The van der Waals surface area contributed by atoms with Crippen LogP contribution in [0.3, 0.4) is 0 Å². The average Bonchev–Trinajstić information content (AvgIpc) is 2.42. The largest absolute Gasteiger partial charge is 0.504 e. The van der Waals surface area contributed by atoms with E-state index in [2.05, 4.69) is 4.98 Å². The molecule has 0 aliphatic heterocycles. The van der Waals surface area contributed by atoms with Crippen LogP contribution in [0, 0.1) is 0 Å². The van der Waals surface area contributed by atoms with Gasteiger partial charge in [-0.3, -0.25) is 4.98 Å². The number of phenolic OH excluding ortho intramolecular Hbond substituents is 2. The summed E-state index contributed by atoms with van der Waals surface area (Å²) in [7, 11) is 0. The van der Waals surface area contributed by atoms with Crippen molar-refractivity contribution in [3.8, 4) is 11.5 Å². The van der Waals surface area contributed by atoms with Gasteiger partial charge < -0.3 is 10.2 Å². The maximum absolute atomic E-state index is 9.70. The molecule has 3 rings (SSSR count). The molecule has 0 radical (unpaired) electrons. The van der Waals surface area contributed by atoms with Crippen molar-refractivity contribution in [2.75, 3.05) is 0 Å². The van der Waals surface area contributed by atoms with E-state index in [0.717, 1.165) is 25.7 Å². The molecule has 0 spiro atoms. The lowest BCUT2D eigenvalue weighted by Crippen LogP contribution is -2.12. The average molecular weight is 255 g/mol. The van der Waals surface area contributed by atoms with Crippen LogP contribution < -0.4 is 0 Å². The van der Waals surface area contributed by atoms with Crippen LogP contribution in [-0.4, -0.2) is 15.2 Å². The molecule has 0 bridgehead atoms. The first-order chi connectivity index (χ1) is 9.24. The van der Waals surface area contributed by atoms with E-state index in [4.69, 9.17) is 0 Å². The Morgan fingerprint density at radius 1 is 1.11 bits per heavy atom. The minimum absolute atomic E-state index is 0.0108. The summed E-state index contributed by atoms with van der Waals surface area (Å²) in [4.78, 5) is 4.04. The number of fused-ring (bicyclic) bond motifs is 1. The smallest absolute Gasteiger partial charge is 0.157 e. The molecule has 3 nitrogen and oxygen atoms in total. The summed E-state index contributed by atoms with van der Waals surface area (Å²) in [6.07, 6.45) is 7.82. The number of phenols is 2. The Hall–Kier alpha value is -2.03. The van der Waals surface area contributed by atoms with Gasteiger partial charge in [0.05, 0.1) is 0 Å². The van der Waals surface area contributed by atoms with Crippen molar-refractivity contribution in [3.63, 3.8) is 0 Å². The van der Waals surface area contributed by atoms with Crippen molar-refractivity contribution >= 4 is 0 Å². The van der Waals surface area contributed by atoms with E-state index in [1.165, 1.54) is 16.7 Å². The number of pyridine rings is 1. The number of hydrogen-bond donors (Lipinski definition) is 2. The zero-order valence-corrected chi connectivity index (χ0v) is 10.7. The van der Waals surface area contributed by atoms with Crippen LogP contribution >= 0.6 is 0 Å². The highest BCUT2D eigenvalue weighted by Gasteiger charge is 2.22. The lowest BCUT2D eigenvalue weighted by atomic mass is 9.79. The molecule has 0 amide bonds. The highest BCUT2D eigenvalue weighted by atomic mass is 16.3. The van der Waals surface area contributed by atoms with Crippen LogP contribution in [0.2, 0.25) is 0 Å². The van der Waals surface area contributed by atoms with E-state index < -0.39 is 0 Å². The van der Waals surface area contributed by atoms with Crippen molar-refractivity contribution in [1.29, 1.82) is 0 Å². The van der Waals surface area contributed by atoms with Gasteiger partial charge in [-0.1, -0.05) is 0 Å². The molecule has 1 aliphatic carbocycles. The van der Waals surface area contributed by atoms with Crippen molar-refractivity contribution in [3.05, 3.63) is 53.3 Å². The van der Waals surface area contributed by atoms with Crippen molar-refractivity contribution < 1.29 is 10.2 Å². The highest BCUT2D eigenvalue weighted by molar-refractivity contribution is 5.48. The molecule has 1 atom stereocenters. The first kappa shape index (κ1) is 12.0. The van der Waals surface area contributed by atoms with Gasteiger partial charge in [0.25, 0.3) is 0 Å². The zero-order chi connectivity index (χ0) is 13.2. The van der Waals surface area contributed by atoms with Gasteiger partial charge in [0, 0.05) is 12.4 Å². The Balaban J connectivity index is 1.92. The Labute approximate surface area is 112 Å². The van der Waals surface area contributed by atoms with Gasteiger partial charge in [-0.2, -0.15) is 0 Å². The molecule has 1 aromatic carbocycles. The third-order valence-corrected chi connectivity index (χ3v) is 3.91. The zero-order valence-electron chi connectivity index (χ0n) is 10.7. The van der Waals surface area contributed by atoms with E-state index >= 15 is 0 Å². The molecule has 0 fully saturated rings. The summed E-state index contributed by atoms with van der Waals surface area (Å²) in [6.45, 7) is 0. The molecule has 0 saturated carbocycles. The van der Waals surface area contributed by atoms with Crippen molar-refractivity contribution in [2.45, 2.75) is 31.6 Å². The van der Waals surface area contributed by atoms with Crippen LogP contribution in [0.25, 0.3) is 0 Å². The van der Waals surface area contributed by atoms with Crippen LogP contribution in [0.4, 0.5) is 0 Å². The highest BCUT2D eigenvalue weighted by Crippen LogP contribution is 2.39. The summed E-state index contributed by atoms with van der Waals surface area (Å²) in [5, 5.41) is 19.3. The molecular formula is C16H17NO2. The van der Waals surface area contributed by atoms with Crippen molar-refractivity contribution in [1.82, 2.24) is 4.98 Å². The maximum atomic E-state index is 9.70. The second-order valence-electron chi connectivity index (χ2n) is 5.19. The normalized spacial score (nSPS) is 18.0. The number of aromatic hydroxyl groups is 2. The molecule has 2 aromatic rings. The summed E-state index contributed by atoms with van der Waals surface area (Å²) in [5.74, 6) is 0.390. The minimum Gasteiger partial charge on any atom is -0.504 e. The Bertz CT molecular complexity index is 581. The molecule has 3 heteroatoms. The monoisotopic (exact) mass is 255 g/mol. The van der Waals surface area contributed by atoms with Gasteiger partial charge in [-0.25, -0.2) is 0 Å². The maximum Gasteiger partial charge on any atom is 0.157 e. The number of benzene rings is 1. The molecule has 2 N–H and O–H groups in total.